The molecule has 2 saturated heterocycles. The molecule has 1 aromatic carbocycles. The highest BCUT2D eigenvalue weighted by molar-refractivity contribution is 5.34. The average Bonchev–Trinajstić information content (AvgIpc) is 2.64. The van der Waals surface area contributed by atoms with Gasteiger partial charge in [0.15, 0.2) is 0 Å². The second kappa shape index (κ2) is 7.01. The van der Waals surface area contributed by atoms with E-state index in [1.807, 2.05) is 30.6 Å². The molecule has 2 aliphatic heterocycles. The summed E-state index contributed by atoms with van der Waals surface area (Å²) in [6.07, 6.45) is 4.96. The van der Waals surface area contributed by atoms with E-state index in [4.69, 9.17) is 0 Å². The highest BCUT2D eigenvalue weighted by Gasteiger charge is 2.44. The van der Waals surface area contributed by atoms with Crippen LogP contribution in [-0.2, 0) is 12.0 Å². The molecule has 2 aromatic rings. The Kier molecular flexibility index (Phi) is 4.72. The fraction of sp³-hybridized carbons (Fsp3) is 0.500. The minimum absolute atomic E-state index is 0.108. The molecule has 2 fully saturated rings. The molecule has 0 saturated carbocycles. The van der Waals surface area contributed by atoms with Gasteiger partial charge in [0.05, 0.1) is 0 Å². The highest BCUT2D eigenvalue weighted by Crippen LogP contribution is 2.43. The van der Waals surface area contributed by atoms with Gasteiger partial charge in [-0.25, -0.2) is 0 Å². The molecule has 3 heterocycles. The van der Waals surface area contributed by atoms with Gasteiger partial charge in [0, 0.05) is 51.2 Å². The normalized spacial score (nSPS) is 30.1. The van der Waals surface area contributed by atoms with Gasteiger partial charge >= 0.3 is 0 Å². The summed E-state index contributed by atoms with van der Waals surface area (Å²) in [4.78, 5) is 9.49. The lowest BCUT2D eigenvalue weighted by Gasteiger charge is -2.53. The van der Waals surface area contributed by atoms with E-state index in [-0.39, 0.29) is 5.41 Å². The molecule has 4 heteroatoms. The number of piperidine rings is 1. The molecule has 1 aromatic heterocycles. The third-order valence-corrected chi connectivity index (χ3v) is 6.58. The molecule has 2 aliphatic rings. The number of aromatic hydroxyl groups is 1. The zero-order valence-electron chi connectivity index (χ0n) is 15.8. The van der Waals surface area contributed by atoms with Crippen LogP contribution in [0.25, 0.3) is 0 Å². The Morgan fingerprint density at radius 2 is 2.08 bits per heavy atom. The zero-order chi connectivity index (χ0) is 18.1. The van der Waals surface area contributed by atoms with Crippen LogP contribution in [0.5, 0.6) is 5.75 Å². The first-order chi connectivity index (χ1) is 12.5. The van der Waals surface area contributed by atoms with E-state index in [9.17, 15) is 5.11 Å². The summed E-state index contributed by atoms with van der Waals surface area (Å²) < 4.78 is 0. The predicted octanol–water partition coefficient (Wildman–Crippen LogP) is 3.27. The van der Waals surface area contributed by atoms with E-state index in [0.29, 0.717) is 17.7 Å². The van der Waals surface area contributed by atoms with Gasteiger partial charge in [0.25, 0.3) is 0 Å². The quantitative estimate of drug-likeness (QED) is 0.921. The summed E-state index contributed by atoms with van der Waals surface area (Å²) in [6.45, 7) is 10.2. The Hall–Kier alpha value is -1.91. The van der Waals surface area contributed by atoms with Gasteiger partial charge in [-0.3, -0.25) is 14.8 Å². The van der Waals surface area contributed by atoms with Gasteiger partial charge in [0.2, 0.25) is 0 Å². The van der Waals surface area contributed by atoms with Crippen molar-refractivity contribution in [1.29, 1.82) is 0 Å². The van der Waals surface area contributed by atoms with E-state index in [1.54, 1.807) is 6.07 Å². The largest absolute Gasteiger partial charge is 0.508 e. The smallest absolute Gasteiger partial charge is 0.115 e. The van der Waals surface area contributed by atoms with Crippen molar-refractivity contribution in [2.45, 2.75) is 38.3 Å². The molecule has 138 valence electrons. The molecule has 0 amide bonds. The van der Waals surface area contributed by atoms with E-state index in [0.717, 1.165) is 39.1 Å². The number of hydrogen-bond acceptors (Lipinski definition) is 4. The van der Waals surface area contributed by atoms with Gasteiger partial charge < -0.3 is 5.11 Å². The summed E-state index contributed by atoms with van der Waals surface area (Å²) in [7, 11) is 0. The van der Waals surface area contributed by atoms with Gasteiger partial charge in [0.1, 0.15) is 5.75 Å². The number of aromatic nitrogens is 1. The molecular weight excluding hydrogens is 322 g/mol. The summed E-state index contributed by atoms with van der Waals surface area (Å²) in [6, 6.07) is 12.6. The number of hydrogen-bond donors (Lipinski definition) is 1. The number of nitrogens with zero attached hydrogens (tertiary/aromatic N) is 3. The molecule has 0 aliphatic carbocycles. The molecule has 4 rings (SSSR count). The summed E-state index contributed by atoms with van der Waals surface area (Å²) in [5, 5.41) is 9.96. The first-order valence-electron chi connectivity index (χ1n) is 9.69. The second-order valence-corrected chi connectivity index (χ2v) is 8.32. The van der Waals surface area contributed by atoms with Crippen molar-refractivity contribution in [3.8, 4) is 5.75 Å². The molecule has 0 bridgehead atoms. The van der Waals surface area contributed by atoms with Crippen molar-refractivity contribution in [3.05, 3.63) is 59.9 Å². The lowest BCUT2D eigenvalue weighted by atomic mass is 9.65. The Morgan fingerprint density at radius 3 is 2.85 bits per heavy atom. The maximum atomic E-state index is 9.96. The van der Waals surface area contributed by atoms with Gasteiger partial charge in [-0.2, -0.15) is 0 Å². The third-order valence-electron chi connectivity index (χ3n) is 6.58. The van der Waals surface area contributed by atoms with Crippen LogP contribution in [0.3, 0.4) is 0 Å². The van der Waals surface area contributed by atoms with Crippen LogP contribution < -0.4 is 0 Å². The predicted molar refractivity (Wildman–Crippen MR) is 104 cm³/mol. The van der Waals surface area contributed by atoms with E-state index in [1.165, 1.54) is 11.1 Å². The van der Waals surface area contributed by atoms with Crippen molar-refractivity contribution in [3.63, 3.8) is 0 Å². The van der Waals surface area contributed by atoms with E-state index in [2.05, 4.69) is 40.8 Å². The minimum atomic E-state index is 0.108. The molecule has 0 radical (unpaired) electrons. The minimum Gasteiger partial charge on any atom is -0.508 e. The number of benzene rings is 1. The number of rotatable bonds is 3. The Morgan fingerprint density at radius 1 is 1.19 bits per heavy atom. The SMILES string of the molecule is C[C@H]1CN2CCN(Cc3cccnc3)C[C@H]2C[C@@]1(C)c1cccc(O)c1. The summed E-state index contributed by atoms with van der Waals surface area (Å²) in [5.74, 6) is 0.950. The van der Waals surface area contributed by atoms with Crippen LogP contribution in [0, 0.1) is 5.92 Å². The van der Waals surface area contributed by atoms with Gasteiger partial charge in [-0.05, 0) is 47.1 Å². The van der Waals surface area contributed by atoms with Crippen LogP contribution in [-0.4, -0.2) is 52.1 Å². The van der Waals surface area contributed by atoms with Gasteiger partial charge in [-0.1, -0.05) is 32.0 Å². The average molecular weight is 351 g/mol. The maximum absolute atomic E-state index is 9.96. The zero-order valence-corrected chi connectivity index (χ0v) is 15.8. The lowest BCUT2D eigenvalue weighted by molar-refractivity contribution is -0.00560. The van der Waals surface area contributed by atoms with Crippen LogP contribution in [0.1, 0.15) is 31.4 Å². The van der Waals surface area contributed by atoms with Crippen LogP contribution >= 0.6 is 0 Å². The molecule has 4 nitrogen and oxygen atoms in total. The molecule has 1 N–H and O–H groups in total. The van der Waals surface area contributed by atoms with Crippen molar-refractivity contribution >= 4 is 0 Å². The monoisotopic (exact) mass is 351 g/mol. The first-order valence-corrected chi connectivity index (χ1v) is 9.69. The number of piperazine rings is 1. The van der Waals surface area contributed by atoms with Crippen LogP contribution in [0.2, 0.25) is 0 Å². The number of phenolic OH excluding ortho intramolecular Hbond substituents is 1. The van der Waals surface area contributed by atoms with Crippen molar-refractivity contribution < 1.29 is 5.11 Å². The van der Waals surface area contributed by atoms with Crippen LogP contribution in [0.4, 0.5) is 0 Å². The van der Waals surface area contributed by atoms with Crippen molar-refractivity contribution in [1.82, 2.24) is 14.8 Å². The second-order valence-electron chi connectivity index (χ2n) is 8.32. The molecule has 3 atom stereocenters. The summed E-state index contributed by atoms with van der Waals surface area (Å²) in [5.41, 5.74) is 2.67. The fourth-order valence-corrected chi connectivity index (χ4v) is 4.79. The summed E-state index contributed by atoms with van der Waals surface area (Å²) >= 11 is 0. The number of phenols is 1. The molecular formula is C22H29N3O. The first kappa shape index (κ1) is 17.5. The standard InChI is InChI=1S/C22H29N3O/c1-17-14-25-10-9-24(15-18-5-4-8-23-13-18)16-20(25)12-22(17,2)19-6-3-7-21(26)11-19/h3-8,11,13,17,20,26H,9-10,12,14-16H2,1-2H3/t17-,20+,22+/m0/s1. The number of fused-ring (bicyclic) bond motifs is 1. The van der Waals surface area contributed by atoms with Crippen molar-refractivity contribution in [2.24, 2.45) is 5.92 Å². The van der Waals surface area contributed by atoms with Gasteiger partial charge in [-0.15, -0.1) is 0 Å². The Bertz CT molecular complexity index is 750. The number of pyridine rings is 1. The third kappa shape index (κ3) is 3.36. The van der Waals surface area contributed by atoms with E-state index < -0.39 is 0 Å². The van der Waals surface area contributed by atoms with E-state index >= 15 is 0 Å². The Balaban J connectivity index is 1.50. The molecule has 0 spiro atoms. The van der Waals surface area contributed by atoms with Crippen LogP contribution in [0.15, 0.2) is 48.8 Å². The lowest BCUT2D eigenvalue weighted by Crippen LogP contribution is -2.60. The van der Waals surface area contributed by atoms with Crippen molar-refractivity contribution in [2.75, 3.05) is 26.2 Å². The fourth-order valence-electron chi connectivity index (χ4n) is 4.79. The molecule has 26 heavy (non-hydrogen) atoms. The maximum Gasteiger partial charge on any atom is 0.115 e. The highest BCUT2D eigenvalue weighted by atomic mass is 16.3. The molecule has 0 unspecified atom stereocenters. The Labute approximate surface area is 156 Å². The topological polar surface area (TPSA) is 39.6 Å².